The van der Waals surface area contributed by atoms with Crippen molar-refractivity contribution in [3.05, 3.63) is 46.5 Å². The molecule has 0 spiro atoms. The molecule has 3 aromatic rings. The van der Waals surface area contributed by atoms with Crippen molar-refractivity contribution in [2.24, 2.45) is 4.99 Å². The predicted molar refractivity (Wildman–Crippen MR) is 204 cm³/mol. The number of ether oxygens (including phenoxy) is 4. The molecule has 6 aliphatic heterocycles. The molecule has 3 fully saturated rings. The number of halogens is 1. The van der Waals surface area contributed by atoms with Crippen LogP contribution in [0.5, 0.6) is 5.75 Å². The van der Waals surface area contributed by atoms with E-state index in [1.165, 1.54) is 0 Å². The van der Waals surface area contributed by atoms with Gasteiger partial charge in [0.15, 0.2) is 0 Å². The van der Waals surface area contributed by atoms with Crippen molar-refractivity contribution in [3.8, 4) is 5.75 Å². The summed E-state index contributed by atoms with van der Waals surface area (Å²) in [5.74, 6) is 4.96. The van der Waals surface area contributed by atoms with E-state index in [1.807, 2.05) is 24.3 Å². The molecule has 0 aliphatic carbocycles. The number of aliphatic imine (C=N–C) groups is 1. The quantitative estimate of drug-likeness (QED) is 0.317. The van der Waals surface area contributed by atoms with Gasteiger partial charge in [-0.1, -0.05) is 0 Å². The Morgan fingerprint density at radius 2 is 1.32 bits per heavy atom. The average Bonchev–Trinajstić information content (AvgIpc) is 3.95. The lowest BCUT2D eigenvalue weighted by Crippen LogP contribution is -2.39. The maximum Gasteiger partial charge on any atom is 0.227 e. The predicted octanol–water partition coefficient (Wildman–Crippen LogP) is 3.94. The molecule has 0 amide bonds. The molecule has 14 nitrogen and oxygen atoms in total. The fourth-order valence-electron chi connectivity index (χ4n) is 7.31. The summed E-state index contributed by atoms with van der Waals surface area (Å²) in [6.07, 6.45) is 7.14. The second-order valence-electron chi connectivity index (χ2n) is 13.8. The van der Waals surface area contributed by atoms with Crippen LogP contribution in [0.2, 0.25) is 5.28 Å². The minimum absolute atomic E-state index is 0.152. The molecule has 1 aromatic carbocycles. The Morgan fingerprint density at radius 1 is 0.736 bits per heavy atom. The van der Waals surface area contributed by atoms with E-state index in [4.69, 9.17) is 40.5 Å². The number of hydrogen-bond donors (Lipinski definition) is 2. The van der Waals surface area contributed by atoms with Crippen LogP contribution in [0.4, 0.5) is 17.6 Å². The van der Waals surface area contributed by atoms with Crippen molar-refractivity contribution in [2.45, 2.75) is 79.3 Å². The molecule has 2 atom stereocenters. The van der Waals surface area contributed by atoms with Gasteiger partial charge in [-0.15, -0.1) is 0 Å². The standard InChI is InChI=1S/C25H31N5O4S.C11H14ClN3O2S/c31-35-16-9-21-22(35)23(27-18-7-13-32-14-8-18)29-25(28-21)30-11-5-20(6-12-30)34-19-3-1-17(2-4-19)24-26-10-15-33-24;12-11-14-8-3-6-18(16)9(8)10(15-11)13-7-1-4-17-5-2-7/h1-4,18,20H,5-16H2,(H,27,28,29);7H,1-6H2,(H,13,14,15). The first-order valence-corrected chi connectivity index (χ1v) is 21.6. The third-order valence-electron chi connectivity index (χ3n) is 10.2. The van der Waals surface area contributed by atoms with Crippen LogP contribution in [0.25, 0.3) is 0 Å². The Kier molecular flexibility index (Phi) is 11.7. The zero-order valence-corrected chi connectivity index (χ0v) is 32.0. The first kappa shape index (κ1) is 36.5. The summed E-state index contributed by atoms with van der Waals surface area (Å²) in [5, 5.41) is 7.13. The van der Waals surface area contributed by atoms with E-state index in [1.54, 1.807) is 0 Å². The summed E-state index contributed by atoms with van der Waals surface area (Å²) >= 11 is 5.91. The molecular formula is C36H45ClN8O6S2. The Hall–Kier alpha value is -3.44. The third-order valence-corrected chi connectivity index (χ3v) is 13.3. The van der Waals surface area contributed by atoms with E-state index in [0.717, 1.165) is 135 Å². The van der Waals surface area contributed by atoms with Gasteiger partial charge < -0.3 is 34.5 Å². The molecule has 17 heteroatoms. The number of hydrogen-bond acceptors (Lipinski definition) is 14. The molecule has 6 aliphatic rings. The molecule has 2 N–H and O–H groups in total. The molecule has 0 radical (unpaired) electrons. The van der Waals surface area contributed by atoms with Crippen molar-refractivity contribution in [3.63, 3.8) is 0 Å². The SMILES string of the molecule is O=S1CCc2nc(Cl)nc(NC3CCOCC3)c21.O=S1CCc2nc(N3CCC(Oc4ccc(C5=NCCO5)cc4)CC3)nc(NC3CCOCC3)c21. The van der Waals surface area contributed by atoms with E-state index < -0.39 is 21.6 Å². The molecule has 9 rings (SSSR count). The number of piperidine rings is 1. The highest BCUT2D eigenvalue weighted by Gasteiger charge is 2.31. The van der Waals surface area contributed by atoms with Gasteiger partial charge in [-0.3, -0.25) is 8.42 Å². The van der Waals surface area contributed by atoms with Crippen molar-refractivity contribution < 1.29 is 27.4 Å². The minimum atomic E-state index is -1.03. The molecule has 284 valence electrons. The van der Waals surface area contributed by atoms with Crippen LogP contribution < -0.4 is 20.3 Å². The summed E-state index contributed by atoms with van der Waals surface area (Å²) in [5.41, 5.74) is 2.74. The van der Waals surface area contributed by atoms with Crippen molar-refractivity contribution >= 4 is 56.7 Å². The lowest BCUT2D eigenvalue weighted by molar-refractivity contribution is 0.0902. The van der Waals surface area contributed by atoms with Gasteiger partial charge in [0.25, 0.3) is 0 Å². The first-order valence-electron chi connectivity index (χ1n) is 18.6. The molecule has 53 heavy (non-hydrogen) atoms. The molecule has 2 aromatic heterocycles. The van der Waals surface area contributed by atoms with Gasteiger partial charge in [-0.2, -0.15) is 9.97 Å². The van der Waals surface area contributed by atoms with E-state index in [-0.39, 0.29) is 11.4 Å². The largest absolute Gasteiger partial charge is 0.490 e. The highest BCUT2D eigenvalue weighted by Crippen LogP contribution is 2.33. The van der Waals surface area contributed by atoms with Crippen LogP contribution in [-0.4, -0.2) is 117 Å². The van der Waals surface area contributed by atoms with Gasteiger partial charge in [-0.05, 0) is 61.5 Å². The summed E-state index contributed by atoms with van der Waals surface area (Å²) in [7, 11) is -2.03. The summed E-state index contributed by atoms with van der Waals surface area (Å²) in [6.45, 7) is 6.04. The Morgan fingerprint density at radius 3 is 1.91 bits per heavy atom. The van der Waals surface area contributed by atoms with Gasteiger partial charge in [0.1, 0.15) is 39.9 Å². The van der Waals surface area contributed by atoms with Crippen LogP contribution in [0, 0.1) is 0 Å². The molecule has 0 bridgehead atoms. The van der Waals surface area contributed by atoms with Gasteiger partial charge in [0.2, 0.25) is 17.1 Å². The van der Waals surface area contributed by atoms with E-state index in [0.29, 0.717) is 48.3 Å². The fraction of sp³-hybridized carbons (Fsp3) is 0.583. The fourth-order valence-corrected chi connectivity index (χ4v) is 10.1. The highest BCUT2D eigenvalue weighted by atomic mass is 35.5. The second-order valence-corrected chi connectivity index (χ2v) is 17.1. The number of rotatable bonds is 8. The Balaban J connectivity index is 0.000000186. The minimum Gasteiger partial charge on any atom is -0.490 e. The average molecular weight is 785 g/mol. The van der Waals surface area contributed by atoms with Crippen LogP contribution >= 0.6 is 11.6 Å². The number of anilines is 3. The number of aryl methyl sites for hydroxylation is 2. The van der Waals surface area contributed by atoms with E-state index in [2.05, 4.69) is 30.5 Å². The Bertz CT molecular complexity index is 1850. The van der Waals surface area contributed by atoms with Crippen LogP contribution in [0.3, 0.4) is 0 Å². The van der Waals surface area contributed by atoms with E-state index in [9.17, 15) is 8.42 Å². The lowest BCUT2D eigenvalue weighted by atomic mass is 10.1. The van der Waals surface area contributed by atoms with Crippen LogP contribution in [-0.2, 0) is 48.7 Å². The van der Waals surface area contributed by atoms with Crippen molar-refractivity contribution in [2.75, 3.05) is 79.7 Å². The zero-order chi connectivity index (χ0) is 36.1. The number of fused-ring (bicyclic) bond motifs is 2. The van der Waals surface area contributed by atoms with Gasteiger partial charge in [-0.25, -0.2) is 15.0 Å². The van der Waals surface area contributed by atoms with Gasteiger partial charge in [0.05, 0.1) is 39.5 Å². The number of aromatic nitrogens is 4. The van der Waals surface area contributed by atoms with E-state index >= 15 is 0 Å². The third kappa shape index (κ3) is 8.77. The summed E-state index contributed by atoms with van der Waals surface area (Å²) < 4.78 is 47.2. The normalized spacial score (nSPS) is 23.3. The van der Waals surface area contributed by atoms with Crippen molar-refractivity contribution in [1.29, 1.82) is 0 Å². The molecular weight excluding hydrogens is 740 g/mol. The number of nitrogens with zero attached hydrogens (tertiary/aromatic N) is 6. The summed E-state index contributed by atoms with van der Waals surface area (Å²) in [4.78, 5) is 26.2. The monoisotopic (exact) mass is 784 g/mol. The second kappa shape index (κ2) is 16.9. The smallest absolute Gasteiger partial charge is 0.227 e. The topological polar surface area (TPSA) is 162 Å². The lowest BCUT2D eigenvalue weighted by Gasteiger charge is -2.33. The number of benzene rings is 1. The first-order chi connectivity index (χ1) is 26.0. The van der Waals surface area contributed by atoms with Gasteiger partial charge >= 0.3 is 0 Å². The number of nitrogens with one attached hydrogen (secondary N) is 2. The maximum absolute atomic E-state index is 12.7. The van der Waals surface area contributed by atoms with Gasteiger partial charge in [0, 0.05) is 94.4 Å². The molecule has 0 saturated carbocycles. The maximum atomic E-state index is 12.7. The molecule has 8 heterocycles. The van der Waals surface area contributed by atoms with Crippen molar-refractivity contribution in [1.82, 2.24) is 19.9 Å². The van der Waals surface area contributed by atoms with Crippen LogP contribution in [0.1, 0.15) is 55.5 Å². The zero-order valence-electron chi connectivity index (χ0n) is 29.6. The Labute approximate surface area is 319 Å². The highest BCUT2D eigenvalue weighted by molar-refractivity contribution is 7.85. The molecule has 2 unspecified atom stereocenters. The summed E-state index contributed by atoms with van der Waals surface area (Å²) in [6, 6.07) is 8.60. The molecule has 3 saturated heterocycles. The van der Waals surface area contributed by atoms with Crippen LogP contribution in [0.15, 0.2) is 39.0 Å².